The standard InChI is InChI=1S/C21H28OSSi/c1-3-5-10-17-11-9-15-21(18(17)12-6-4-2)24-16-23-20-14-8-7-13-19(20)22/h7-9,11,13-15,22H,3-6,10,12,16H2,1-2H3. The summed E-state index contributed by atoms with van der Waals surface area (Å²) in [4.78, 5) is 0.988. The topological polar surface area (TPSA) is 20.2 Å². The molecule has 0 heterocycles. The maximum atomic E-state index is 9.90. The van der Waals surface area contributed by atoms with Crippen molar-refractivity contribution in [3.05, 3.63) is 53.6 Å². The third-order valence-electron chi connectivity index (χ3n) is 4.21. The molecule has 0 saturated heterocycles. The number of thioether (sulfide) groups is 1. The Balaban J connectivity index is 2.06. The van der Waals surface area contributed by atoms with Crippen molar-refractivity contribution in [3.63, 3.8) is 0 Å². The first-order valence-corrected chi connectivity index (χ1v) is 11.2. The van der Waals surface area contributed by atoms with Gasteiger partial charge in [-0.3, -0.25) is 0 Å². The van der Waals surface area contributed by atoms with Crippen molar-refractivity contribution in [2.24, 2.45) is 0 Å². The summed E-state index contributed by atoms with van der Waals surface area (Å²) < 4.78 is 0. The van der Waals surface area contributed by atoms with E-state index in [1.807, 2.05) is 18.2 Å². The van der Waals surface area contributed by atoms with Crippen LogP contribution in [0.15, 0.2) is 47.4 Å². The number of aromatic hydroxyl groups is 1. The fourth-order valence-electron chi connectivity index (χ4n) is 2.82. The van der Waals surface area contributed by atoms with Crippen LogP contribution >= 0.6 is 11.8 Å². The van der Waals surface area contributed by atoms with Crippen molar-refractivity contribution in [2.75, 3.05) is 5.38 Å². The monoisotopic (exact) mass is 356 g/mol. The summed E-state index contributed by atoms with van der Waals surface area (Å²) in [6, 6.07) is 14.5. The quantitative estimate of drug-likeness (QED) is 0.469. The van der Waals surface area contributed by atoms with Gasteiger partial charge in [-0.1, -0.05) is 62.2 Å². The summed E-state index contributed by atoms with van der Waals surface area (Å²) in [5, 5.41) is 12.5. The third kappa shape index (κ3) is 5.71. The Morgan fingerprint density at radius 3 is 2.42 bits per heavy atom. The first kappa shape index (κ1) is 19.1. The molecule has 0 aliphatic rings. The van der Waals surface area contributed by atoms with Crippen LogP contribution in [0.2, 0.25) is 0 Å². The molecule has 3 heteroatoms. The van der Waals surface area contributed by atoms with E-state index in [9.17, 15) is 5.11 Å². The molecule has 1 nitrogen and oxygen atoms in total. The molecule has 0 saturated carbocycles. The van der Waals surface area contributed by atoms with Gasteiger partial charge in [-0.15, -0.1) is 11.8 Å². The average Bonchev–Trinajstić information content (AvgIpc) is 2.60. The second kappa shape index (κ2) is 10.6. The van der Waals surface area contributed by atoms with Crippen LogP contribution in [0.3, 0.4) is 0 Å². The van der Waals surface area contributed by atoms with Crippen molar-refractivity contribution in [3.8, 4) is 5.75 Å². The zero-order chi connectivity index (χ0) is 17.2. The van der Waals surface area contributed by atoms with E-state index in [0.717, 1.165) is 19.8 Å². The summed E-state index contributed by atoms with van der Waals surface area (Å²) in [5.41, 5.74) is 3.16. The van der Waals surface area contributed by atoms with Crippen molar-refractivity contribution >= 4 is 26.5 Å². The highest BCUT2D eigenvalue weighted by Gasteiger charge is 2.09. The van der Waals surface area contributed by atoms with Gasteiger partial charge in [0.15, 0.2) is 0 Å². The fraction of sp³-hybridized carbons (Fsp3) is 0.429. The molecule has 0 fully saturated rings. The number of hydrogen-bond donors (Lipinski definition) is 1. The van der Waals surface area contributed by atoms with Gasteiger partial charge < -0.3 is 5.11 Å². The number of aryl methyl sites for hydroxylation is 1. The van der Waals surface area contributed by atoms with Crippen molar-refractivity contribution in [1.82, 2.24) is 0 Å². The molecule has 1 N–H and O–H groups in total. The second-order valence-corrected chi connectivity index (χ2v) is 8.86. The van der Waals surface area contributed by atoms with Gasteiger partial charge >= 0.3 is 0 Å². The molecule has 0 aliphatic heterocycles. The molecule has 0 amide bonds. The number of phenolic OH excluding ortho intramolecular Hbond substituents is 1. The summed E-state index contributed by atoms with van der Waals surface area (Å²) in [7, 11) is 0.790. The maximum absolute atomic E-state index is 9.90. The summed E-state index contributed by atoms with van der Waals surface area (Å²) in [5.74, 6) is 0.398. The van der Waals surface area contributed by atoms with Gasteiger partial charge in [0.1, 0.15) is 5.75 Å². The molecule has 2 aromatic carbocycles. The molecule has 0 unspecified atom stereocenters. The Morgan fingerprint density at radius 2 is 1.67 bits per heavy atom. The SMILES string of the molecule is CCCCc1cccc([Si]CSc2ccccc2O)c1CCCC. The lowest BCUT2D eigenvalue weighted by molar-refractivity contribution is 0.462. The highest BCUT2D eigenvalue weighted by Crippen LogP contribution is 2.27. The van der Waals surface area contributed by atoms with Gasteiger partial charge in [0.05, 0.1) is 9.52 Å². The molecule has 2 radical (unpaired) electrons. The Kier molecular flexibility index (Phi) is 8.47. The number of para-hydroxylation sites is 1. The Labute approximate surface area is 153 Å². The maximum Gasteiger partial charge on any atom is 0.129 e. The van der Waals surface area contributed by atoms with Crippen molar-refractivity contribution in [2.45, 2.75) is 57.3 Å². The van der Waals surface area contributed by atoms with E-state index in [4.69, 9.17) is 0 Å². The largest absolute Gasteiger partial charge is 0.507 e. The lowest BCUT2D eigenvalue weighted by Crippen LogP contribution is -2.23. The number of unbranched alkanes of at least 4 members (excludes halogenated alkanes) is 2. The molecule has 0 spiro atoms. The predicted octanol–water partition coefficient (Wildman–Crippen LogP) is 5.16. The number of rotatable bonds is 10. The molecule has 0 bridgehead atoms. The highest BCUT2D eigenvalue weighted by atomic mass is 32.2. The van der Waals surface area contributed by atoms with Gasteiger partial charge in [-0.05, 0) is 54.3 Å². The molecular formula is C21H28OSSi. The van der Waals surface area contributed by atoms with Crippen molar-refractivity contribution < 1.29 is 5.11 Å². The van der Waals surface area contributed by atoms with E-state index in [1.165, 1.54) is 43.7 Å². The van der Waals surface area contributed by atoms with Crippen LogP contribution in [0.1, 0.15) is 50.7 Å². The van der Waals surface area contributed by atoms with Crippen LogP contribution < -0.4 is 5.19 Å². The van der Waals surface area contributed by atoms with Gasteiger partial charge in [0, 0.05) is 4.90 Å². The molecule has 0 atom stereocenters. The normalized spacial score (nSPS) is 10.9. The molecule has 24 heavy (non-hydrogen) atoms. The smallest absolute Gasteiger partial charge is 0.129 e. The van der Waals surface area contributed by atoms with Gasteiger partial charge in [0.25, 0.3) is 0 Å². The van der Waals surface area contributed by atoms with E-state index in [0.29, 0.717) is 5.75 Å². The first-order chi connectivity index (χ1) is 11.8. The van der Waals surface area contributed by atoms with Crippen LogP contribution in [0.5, 0.6) is 5.75 Å². The lowest BCUT2D eigenvalue weighted by atomic mass is 9.98. The van der Waals surface area contributed by atoms with Gasteiger partial charge in [-0.25, -0.2) is 0 Å². The van der Waals surface area contributed by atoms with Crippen LogP contribution in [0.4, 0.5) is 0 Å². The highest BCUT2D eigenvalue weighted by molar-refractivity contribution is 8.00. The number of hydrogen-bond acceptors (Lipinski definition) is 2. The minimum atomic E-state index is 0.398. The van der Waals surface area contributed by atoms with E-state index < -0.39 is 0 Å². The molecule has 0 aliphatic carbocycles. The number of benzene rings is 2. The molecule has 0 aromatic heterocycles. The van der Waals surface area contributed by atoms with Crippen LogP contribution in [0.25, 0.3) is 0 Å². The third-order valence-corrected chi connectivity index (χ3v) is 6.87. The summed E-state index contributed by atoms with van der Waals surface area (Å²) >= 11 is 1.76. The molecule has 128 valence electrons. The first-order valence-electron chi connectivity index (χ1n) is 9.01. The molecule has 2 rings (SSSR count). The minimum Gasteiger partial charge on any atom is -0.507 e. The van der Waals surface area contributed by atoms with Crippen molar-refractivity contribution in [1.29, 1.82) is 0 Å². The number of phenols is 1. The minimum absolute atomic E-state index is 0.398. The summed E-state index contributed by atoms with van der Waals surface area (Å²) in [6.07, 6.45) is 7.46. The molecular weight excluding hydrogens is 328 g/mol. The van der Waals surface area contributed by atoms with E-state index in [1.54, 1.807) is 29.0 Å². The second-order valence-electron chi connectivity index (χ2n) is 6.08. The van der Waals surface area contributed by atoms with Crippen LogP contribution in [0, 0.1) is 0 Å². The zero-order valence-electron chi connectivity index (χ0n) is 14.8. The Morgan fingerprint density at radius 1 is 0.917 bits per heavy atom. The zero-order valence-corrected chi connectivity index (χ0v) is 16.7. The fourth-order valence-corrected chi connectivity index (χ4v) is 5.46. The Hall–Kier alpha value is -1.19. The van der Waals surface area contributed by atoms with Crippen LogP contribution in [-0.2, 0) is 12.8 Å². The van der Waals surface area contributed by atoms with Gasteiger partial charge in [-0.2, -0.15) is 0 Å². The van der Waals surface area contributed by atoms with Gasteiger partial charge in [0.2, 0.25) is 0 Å². The van der Waals surface area contributed by atoms with E-state index in [2.05, 4.69) is 32.0 Å². The van der Waals surface area contributed by atoms with E-state index >= 15 is 0 Å². The lowest BCUT2D eigenvalue weighted by Gasteiger charge is -2.15. The molecule has 2 aromatic rings. The average molecular weight is 357 g/mol. The van der Waals surface area contributed by atoms with Crippen LogP contribution in [-0.4, -0.2) is 20.0 Å². The summed E-state index contributed by atoms with van der Waals surface area (Å²) in [6.45, 7) is 4.53. The van der Waals surface area contributed by atoms with E-state index in [-0.39, 0.29) is 0 Å². The Bertz CT molecular complexity index is 627. The predicted molar refractivity (Wildman–Crippen MR) is 108 cm³/mol.